The lowest BCUT2D eigenvalue weighted by atomic mass is 10.1. The number of nitrogens with zero attached hydrogens (tertiary/aromatic N) is 6. The van der Waals surface area contributed by atoms with Crippen LogP contribution >= 0.6 is 0 Å². The third kappa shape index (κ3) is 5.63. The minimum absolute atomic E-state index is 0.143. The van der Waals surface area contributed by atoms with Crippen molar-refractivity contribution in [3.8, 4) is 22.9 Å². The first kappa shape index (κ1) is 24.3. The zero-order chi connectivity index (χ0) is 25.2. The standard InChI is InChI=1S/C25H30N6O4/c1-17(32)16-34-20-11-21(23-19(12-26)14-28-31(23)15-20)18-5-6-22(27-13-18)29-7-9-30(10-8-29)24(33)35-25(2,3)4/h5-6,11,13-15,17,32H,7-10,16H2,1-4H3/t17-/m1/s1. The number of hydrogen-bond acceptors (Lipinski definition) is 8. The number of ether oxygens (including phenoxy) is 2. The van der Waals surface area contributed by atoms with Crippen LogP contribution < -0.4 is 9.64 Å². The molecule has 10 heteroatoms. The molecule has 1 fully saturated rings. The summed E-state index contributed by atoms with van der Waals surface area (Å²) in [5, 5.41) is 23.4. The molecule has 0 aliphatic carbocycles. The Bertz CT molecular complexity index is 1230. The molecule has 0 bridgehead atoms. The van der Waals surface area contributed by atoms with Crippen molar-refractivity contribution in [3.63, 3.8) is 0 Å². The highest BCUT2D eigenvalue weighted by Crippen LogP contribution is 2.31. The predicted octanol–water partition coefficient (Wildman–Crippen LogP) is 3.08. The number of anilines is 1. The summed E-state index contributed by atoms with van der Waals surface area (Å²) in [6, 6.07) is 7.89. The normalized spacial score (nSPS) is 15.1. The second-order valence-electron chi connectivity index (χ2n) is 9.57. The molecule has 0 saturated carbocycles. The number of aliphatic hydroxyl groups excluding tert-OH is 1. The van der Waals surface area contributed by atoms with Crippen LogP contribution in [0.5, 0.6) is 5.75 Å². The lowest BCUT2D eigenvalue weighted by molar-refractivity contribution is 0.0240. The van der Waals surface area contributed by atoms with Crippen LogP contribution in [-0.4, -0.2) is 75.2 Å². The van der Waals surface area contributed by atoms with Crippen LogP contribution in [0, 0.1) is 11.3 Å². The van der Waals surface area contributed by atoms with Gasteiger partial charge in [-0.05, 0) is 45.9 Å². The molecule has 1 amide bonds. The van der Waals surface area contributed by atoms with Crippen LogP contribution in [0.2, 0.25) is 0 Å². The number of nitriles is 1. The first-order valence-electron chi connectivity index (χ1n) is 11.6. The number of carbonyl (C=O) groups excluding carboxylic acids is 1. The Balaban J connectivity index is 1.53. The SMILES string of the molecule is C[C@@H](O)COc1cc(-c2ccc(N3CCN(C(=O)OC(C)(C)C)CC3)nc2)c2c(C#N)cnn2c1. The van der Waals surface area contributed by atoms with E-state index in [4.69, 9.17) is 9.47 Å². The van der Waals surface area contributed by atoms with Crippen molar-refractivity contribution in [2.24, 2.45) is 0 Å². The van der Waals surface area contributed by atoms with Crippen molar-refractivity contribution in [1.29, 1.82) is 5.26 Å². The quantitative estimate of drug-likeness (QED) is 0.595. The highest BCUT2D eigenvalue weighted by molar-refractivity contribution is 5.85. The minimum Gasteiger partial charge on any atom is -0.489 e. The fourth-order valence-electron chi connectivity index (χ4n) is 3.87. The fourth-order valence-corrected chi connectivity index (χ4v) is 3.87. The second kappa shape index (κ2) is 9.80. The summed E-state index contributed by atoms with van der Waals surface area (Å²) in [4.78, 5) is 20.8. The van der Waals surface area contributed by atoms with E-state index in [1.165, 1.54) is 6.20 Å². The van der Waals surface area contributed by atoms with Crippen LogP contribution in [-0.2, 0) is 4.74 Å². The van der Waals surface area contributed by atoms with Gasteiger partial charge in [-0.25, -0.2) is 14.3 Å². The van der Waals surface area contributed by atoms with Gasteiger partial charge in [0.2, 0.25) is 0 Å². The molecule has 4 rings (SSSR count). The highest BCUT2D eigenvalue weighted by Gasteiger charge is 2.26. The Kier molecular flexibility index (Phi) is 6.80. The molecule has 4 heterocycles. The molecule has 1 aliphatic rings. The summed E-state index contributed by atoms with van der Waals surface area (Å²) >= 11 is 0. The van der Waals surface area contributed by atoms with E-state index in [-0.39, 0.29) is 12.7 Å². The molecule has 10 nitrogen and oxygen atoms in total. The Morgan fingerprint density at radius 1 is 1.23 bits per heavy atom. The van der Waals surface area contributed by atoms with Gasteiger partial charge in [0.05, 0.1) is 29.6 Å². The van der Waals surface area contributed by atoms with Crippen LogP contribution in [0.3, 0.4) is 0 Å². The van der Waals surface area contributed by atoms with Gasteiger partial charge < -0.3 is 24.4 Å². The van der Waals surface area contributed by atoms with Gasteiger partial charge in [-0.1, -0.05) is 0 Å². The first-order chi connectivity index (χ1) is 16.6. The summed E-state index contributed by atoms with van der Waals surface area (Å²) in [6.45, 7) is 9.79. The topological polar surface area (TPSA) is 116 Å². The molecule has 1 saturated heterocycles. The van der Waals surface area contributed by atoms with Crippen LogP contribution in [0.4, 0.5) is 10.6 Å². The molecule has 0 radical (unpaired) electrons. The van der Waals surface area contributed by atoms with Crippen LogP contribution in [0.15, 0.2) is 36.8 Å². The molecule has 184 valence electrons. The maximum absolute atomic E-state index is 12.3. The largest absolute Gasteiger partial charge is 0.489 e. The van der Waals surface area contributed by atoms with Gasteiger partial charge in [0.15, 0.2) is 0 Å². The van der Waals surface area contributed by atoms with Crippen LogP contribution in [0.1, 0.15) is 33.3 Å². The average Bonchev–Trinajstić information content (AvgIpc) is 3.24. The second-order valence-corrected chi connectivity index (χ2v) is 9.57. The first-order valence-corrected chi connectivity index (χ1v) is 11.6. The molecular weight excluding hydrogens is 448 g/mol. The van der Waals surface area contributed by atoms with Crippen molar-refractivity contribution < 1.29 is 19.4 Å². The molecule has 1 N–H and O–H groups in total. The van der Waals surface area contributed by atoms with Gasteiger partial charge in [-0.15, -0.1) is 0 Å². The lowest BCUT2D eigenvalue weighted by Gasteiger charge is -2.36. The molecule has 0 aromatic carbocycles. The maximum atomic E-state index is 12.3. The van der Waals surface area contributed by atoms with Gasteiger partial charge in [-0.2, -0.15) is 10.4 Å². The van der Waals surface area contributed by atoms with Gasteiger partial charge >= 0.3 is 6.09 Å². The highest BCUT2D eigenvalue weighted by atomic mass is 16.6. The number of aliphatic hydroxyl groups is 1. The maximum Gasteiger partial charge on any atom is 0.410 e. The van der Waals surface area contributed by atoms with E-state index in [2.05, 4.69) is 21.1 Å². The number of hydrogen-bond donors (Lipinski definition) is 1. The summed E-state index contributed by atoms with van der Waals surface area (Å²) in [7, 11) is 0. The van der Waals surface area contributed by atoms with Gasteiger partial charge in [0.1, 0.15) is 29.8 Å². The van der Waals surface area contributed by atoms with Crippen molar-refractivity contribution in [2.45, 2.75) is 39.4 Å². The third-order valence-electron chi connectivity index (χ3n) is 5.51. The van der Waals surface area contributed by atoms with E-state index >= 15 is 0 Å². The van der Waals surface area contributed by atoms with E-state index in [1.54, 1.807) is 28.7 Å². The number of fused-ring (bicyclic) bond motifs is 1. The third-order valence-corrected chi connectivity index (χ3v) is 5.51. The number of piperazine rings is 1. The van der Waals surface area contributed by atoms with Crippen molar-refractivity contribution in [2.75, 3.05) is 37.7 Å². The average molecular weight is 479 g/mol. The van der Waals surface area contributed by atoms with Gasteiger partial charge in [-0.3, -0.25) is 0 Å². The van der Waals surface area contributed by atoms with Crippen molar-refractivity contribution in [3.05, 3.63) is 42.4 Å². The molecule has 3 aromatic rings. The predicted molar refractivity (Wildman–Crippen MR) is 130 cm³/mol. The zero-order valence-electron chi connectivity index (χ0n) is 20.4. The van der Waals surface area contributed by atoms with E-state index in [9.17, 15) is 15.2 Å². The molecular formula is C25H30N6O4. The fraction of sp³-hybridized carbons (Fsp3) is 0.440. The molecule has 35 heavy (non-hydrogen) atoms. The number of aromatic nitrogens is 3. The minimum atomic E-state index is -0.613. The summed E-state index contributed by atoms with van der Waals surface area (Å²) in [6.07, 6.45) is 4.06. The van der Waals surface area contributed by atoms with Crippen molar-refractivity contribution >= 4 is 17.4 Å². The lowest BCUT2D eigenvalue weighted by Crippen LogP contribution is -2.50. The Hall–Kier alpha value is -3.84. The number of rotatable bonds is 5. The Morgan fingerprint density at radius 2 is 1.97 bits per heavy atom. The Labute approximate surface area is 204 Å². The summed E-state index contributed by atoms with van der Waals surface area (Å²) in [5.74, 6) is 1.34. The summed E-state index contributed by atoms with van der Waals surface area (Å²) < 4.78 is 12.8. The molecule has 1 atom stereocenters. The summed E-state index contributed by atoms with van der Waals surface area (Å²) in [5.41, 5.74) is 2.17. The van der Waals surface area contributed by atoms with E-state index in [1.807, 2.05) is 39.0 Å². The zero-order valence-corrected chi connectivity index (χ0v) is 20.4. The monoisotopic (exact) mass is 478 g/mol. The molecule has 0 spiro atoms. The molecule has 3 aromatic heterocycles. The molecule has 0 unspecified atom stereocenters. The smallest absolute Gasteiger partial charge is 0.410 e. The number of pyridine rings is 2. The van der Waals surface area contributed by atoms with Gasteiger partial charge in [0.25, 0.3) is 0 Å². The Morgan fingerprint density at radius 3 is 2.57 bits per heavy atom. The van der Waals surface area contributed by atoms with E-state index in [0.717, 1.165) is 16.9 Å². The van der Waals surface area contributed by atoms with Crippen LogP contribution in [0.25, 0.3) is 16.6 Å². The van der Waals surface area contributed by atoms with E-state index < -0.39 is 11.7 Å². The number of carbonyl (C=O) groups is 1. The van der Waals surface area contributed by atoms with Crippen molar-refractivity contribution in [1.82, 2.24) is 19.5 Å². The van der Waals surface area contributed by atoms with Gasteiger partial charge in [0, 0.05) is 43.5 Å². The molecule has 1 aliphatic heterocycles. The van der Waals surface area contributed by atoms with E-state index in [0.29, 0.717) is 43.0 Å². The number of amides is 1.